The molecule has 0 heterocycles. The van der Waals surface area contributed by atoms with E-state index < -0.39 is 12.1 Å². The minimum Gasteiger partial charge on any atom is -0.481 e. The lowest BCUT2D eigenvalue weighted by Gasteiger charge is -2.28. The standard InChI is InChI=1S/C21H35NO4/c1-5-6-7-8-9-10-11-12-13-14-15-16-21(25)26-19(17-20(23)24)18-22(2,3)4/h7-12,19H,5-6,13-18H2,1-4H3/p+1/b8-7+,10-9+,12-11+. The molecule has 0 rings (SSSR count). The summed E-state index contributed by atoms with van der Waals surface area (Å²) >= 11 is 0. The maximum Gasteiger partial charge on any atom is 0.307 e. The van der Waals surface area contributed by atoms with Crippen LogP contribution < -0.4 is 0 Å². The Balaban J connectivity index is 4.00. The molecule has 0 saturated heterocycles. The molecular weight excluding hydrogens is 330 g/mol. The number of ether oxygens (including phenoxy) is 1. The zero-order valence-electron chi connectivity index (χ0n) is 16.8. The van der Waals surface area contributed by atoms with E-state index in [1.807, 2.05) is 45.4 Å². The minimum absolute atomic E-state index is 0.150. The van der Waals surface area contributed by atoms with Crippen molar-refractivity contribution in [3.05, 3.63) is 36.5 Å². The molecule has 0 radical (unpaired) electrons. The first-order chi connectivity index (χ1) is 12.2. The van der Waals surface area contributed by atoms with Crippen molar-refractivity contribution in [3.8, 4) is 0 Å². The van der Waals surface area contributed by atoms with E-state index in [1.165, 1.54) is 0 Å². The molecule has 1 unspecified atom stereocenters. The van der Waals surface area contributed by atoms with Gasteiger partial charge in [-0.15, -0.1) is 0 Å². The fourth-order valence-corrected chi connectivity index (χ4v) is 2.37. The van der Waals surface area contributed by atoms with Gasteiger partial charge in [0.25, 0.3) is 0 Å². The lowest BCUT2D eigenvalue weighted by atomic mass is 10.2. The van der Waals surface area contributed by atoms with Gasteiger partial charge >= 0.3 is 11.9 Å². The van der Waals surface area contributed by atoms with Crippen LogP contribution in [0.5, 0.6) is 0 Å². The van der Waals surface area contributed by atoms with Gasteiger partial charge in [0.1, 0.15) is 6.54 Å². The number of hydrogen-bond acceptors (Lipinski definition) is 3. The number of carboxylic acid groups (broad SMARTS) is 1. The third-order valence-corrected chi connectivity index (χ3v) is 3.51. The monoisotopic (exact) mass is 366 g/mol. The van der Waals surface area contributed by atoms with Crippen LogP contribution in [0, 0.1) is 0 Å². The summed E-state index contributed by atoms with van der Waals surface area (Å²) in [5, 5.41) is 8.96. The second-order valence-electron chi connectivity index (χ2n) is 7.46. The highest BCUT2D eigenvalue weighted by Crippen LogP contribution is 2.09. The summed E-state index contributed by atoms with van der Waals surface area (Å²) in [7, 11) is 5.84. The number of rotatable bonds is 14. The van der Waals surface area contributed by atoms with Gasteiger partial charge in [-0.3, -0.25) is 9.59 Å². The predicted octanol–water partition coefficient (Wildman–Crippen LogP) is 4.11. The number of carboxylic acids is 1. The summed E-state index contributed by atoms with van der Waals surface area (Å²) in [6.07, 6.45) is 16.7. The maximum absolute atomic E-state index is 11.9. The second-order valence-corrected chi connectivity index (χ2v) is 7.46. The Morgan fingerprint density at radius 1 is 1.00 bits per heavy atom. The Kier molecular flexibility index (Phi) is 13.3. The maximum atomic E-state index is 11.9. The predicted molar refractivity (Wildman–Crippen MR) is 106 cm³/mol. The molecule has 148 valence electrons. The zero-order chi connectivity index (χ0) is 19.8. The molecule has 0 aromatic carbocycles. The van der Waals surface area contributed by atoms with Crippen LogP contribution in [0.4, 0.5) is 0 Å². The highest BCUT2D eigenvalue weighted by atomic mass is 16.5. The van der Waals surface area contributed by atoms with Crippen molar-refractivity contribution in [2.24, 2.45) is 0 Å². The largest absolute Gasteiger partial charge is 0.481 e. The number of esters is 1. The lowest BCUT2D eigenvalue weighted by molar-refractivity contribution is -0.873. The molecule has 0 spiro atoms. The molecule has 5 nitrogen and oxygen atoms in total. The first-order valence-corrected chi connectivity index (χ1v) is 9.44. The van der Waals surface area contributed by atoms with E-state index in [-0.39, 0.29) is 12.4 Å². The van der Waals surface area contributed by atoms with Crippen molar-refractivity contribution in [1.82, 2.24) is 0 Å². The number of nitrogens with zero attached hydrogens (tertiary/aromatic N) is 1. The summed E-state index contributed by atoms with van der Waals surface area (Å²) in [5.74, 6) is -1.26. The highest BCUT2D eigenvalue weighted by molar-refractivity contribution is 5.71. The van der Waals surface area contributed by atoms with Gasteiger partial charge < -0.3 is 14.3 Å². The van der Waals surface area contributed by atoms with E-state index in [1.54, 1.807) is 0 Å². The molecule has 0 aromatic heterocycles. The Bertz CT molecular complexity index is 487. The Labute approximate surface area is 158 Å². The lowest BCUT2D eigenvalue weighted by Crippen LogP contribution is -2.43. The van der Waals surface area contributed by atoms with Crippen LogP contribution >= 0.6 is 0 Å². The highest BCUT2D eigenvalue weighted by Gasteiger charge is 2.24. The number of unbranched alkanes of at least 4 members (excludes halogenated alkanes) is 3. The van der Waals surface area contributed by atoms with Crippen molar-refractivity contribution in [2.45, 2.75) is 58.0 Å². The fourth-order valence-electron chi connectivity index (χ4n) is 2.37. The van der Waals surface area contributed by atoms with E-state index in [2.05, 4.69) is 19.1 Å². The molecule has 0 aliphatic rings. The Morgan fingerprint density at radius 3 is 2.15 bits per heavy atom. The SMILES string of the molecule is CCC/C=C/C=C/C=C/CCCCC(=O)OC(CC(=O)O)C[N+](C)(C)C. The Morgan fingerprint density at radius 2 is 1.62 bits per heavy atom. The van der Waals surface area contributed by atoms with Crippen LogP contribution in [0.2, 0.25) is 0 Å². The molecule has 1 atom stereocenters. The number of likely N-dealkylation sites (N-methyl/N-ethyl adjacent to an activating group) is 1. The van der Waals surface area contributed by atoms with Gasteiger partial charge in [0.2, 0.25) is 0 Å². The van der Waals surface area contributed by atoms with Gasteiger partial charge in [-0.2, -0.15) is 0 Å². The zero-order valence-corrected chi connectivity index (χ0v) is 16.8. The van der Waals surface area contributed by atoms with Crippen LogP contribution in [0.3, 0.4) is 0 Å². The van der Waals surface area contributed by atoms with Crippen molar-refractivity contribution in [1.29, 1.82) is 0 Å². The van der Waals surface area contributed by atoms with Gasteiger partial charge in [0.05, 0.1) is 27.6 Å². The molecule has 0 fully saturated rings. The van der Waals surface area contributed by atoms with Crippen LogP contribution in [-0.4, -0.2) is 55.3 Å². The number of hydrogen-bond donors (Lipinski definition) is 1. The fraction of sp³-hybridized carbons (Fsp3) is 0.619. The average molecular weight is 367 g/mol. The quantitative estimate of drug-likeness (QED) is 0.217. The number of allylic oxidation sites excluding steroid dienone is 6. The summed E-state index contributed by atoms with van der Waals surface area (Å²) < 4.78 is 5.91. The molecular formula is C21H36NO4+. The molecule has 5 heteroatoms. The number of aliphatic carboxylic acids is 1. The summed E-state index contributed by atoms with van der Waals surface area (Å²) in [4.78, 5) is 22.8. The van der Waals surface area contributed by atoms with E-state index in [0.717, 1.165) is 32.1 Å². The molecule has 0 saturated carbocycles. The first-order valence-electron chi connectivity index (χ1n) is 9.44. The first kappa shape index (κ1) is 24.1. The molecule has 0 aromatic rings. The van der Waals surface area contributed by atoms with Crippen LogP contribution in [0.15, 0.2) is 36.5 Å². The van der Waals surface area contributed by atoms with E-state index >= 15 is 0 Å². The summed E-state index contributed by atoms with van der Waals surface area (Å²) in [5.41, 5.74) is 0. The minimum atomic E-state index is -0.945. The third-order valence-electron chi connectivity index (χ3n) is 3.51. The van der Waals surface area contributed by atoms with E-state index in [0.29, 0.717) is 17.4 Å². The number of quaternary nitrogens is 1. The van der Waals surface area contributed by atoms with Crippen molar-refractivity contribution in [3.63, 3.8) is 0 Å². The molecule has 26 heavy (non-hydrogen) atoms. The number of carbonyl (C=O) groups excluding carboxylic acids is 1. The average Bonchev–Trinajstić information content (AvgIpc) is 2.50. The molecule has 0 bridgehead atoms. The second kappa shape index (κ2) is 14.3. The summed E-state index contributed by atoms with van der Waals surface area (Å²) in [6, 6.07) is 0. The van der Waals surface area contributed by atoms with Crippen molar-refractivity contribution >= 4 is 11.9 Å². The molecule has 0 aliphatic heterocycles. The topological polar surface area (TPSA) is 63.6 Å². The van der Waals surface area contributed by atoms with Crippen molar-refractivity contribution in [2.75, 3.05) is 27.7 Å². The van der Waals surface area contributed by atoms with Crippen LogP contribution in [-0.2, 0) is 14.3 Å². The van der Waals surface area contributed by atoms with Crippen LogP contribution in [0.25, 0.3) is 0 Å². The smallest absolute Gasteiger partial charge is 0.307 e. The van der Waals surface area contributed by atoms with Crippen molar-refractivity contribution < 1.29 is 23.9 Å². The van der Waals surface area contributed by atoms with Gasteiger partial charge in [-0.1, -0.05) is 49.8 Å². The van der Waals surface area contributed by atoms with Gasteiger partial charge in [-0.25, -0.2) is 0 Å². The molecule has 1 N–H and O–H groups in total. The molecule has 0 amide bonds. The third kappa shape index (κ3) is 17.0. The summed E-state index contributed by atoms with van der Waals surface area (Å²) in [6.45, 7) is 2.64. The van der Waals surface area contributed by atoms with Gasteiger partial charge in [-0.05, 0) is 25.7 Å². The molecule has 0 aliphatic carbocycles. The van der Waals surface area contributed by atoms with Gasteiger partial charge in [0.15, 0.2) is 6.10 Å². The van der Waals surface area contributed by atoms with Crippen LogP contribution in [0.1, 0.15) is 51.9 Å². The Hall–Kier alpha value is -1.88. The van der Waals surface area contributed by atoms with E-state index in [4.69, 9.17) is 9.84 Å². The normalized spacial score (nSPS) is 13.7. The van der Waals surface area contributed by atoms with E-state index in [9.17, 15) is 9.59 Å². The number of carbonyl (C=O) groups is 2. The van der Waals surface area contributed by atoms with Gasteiger partial charge in [0, 0.05) is 6.42 Å².